The van der Waals surface area contributed by atoms with Gasteiger partial charge in [-0.05, 0) is 18.1 Å². The number of rotatable bonds is 4. The highest BCUT2D eigenvalue weighted by atomic mass is 35.5. The van der Waals surface area contributed by atoms with E-state index in [0.29, 0.717) is 16.5 Å². The van der Waals surface area contributed by atoms with E-state index >= 15 is 0 Å². The van der Waals surface area contributed by atoms with Crippen LogP contribution in [0.5, 0.6) is 0 Å². The lowest BCUT2D eigenvalue weighted by atomic mass is 10.1. The van der Waals surface area contributed by atoms with Gasteiger partial charge in [0.15, 0.2) is 5.84 Å². The summed E-state index contributed by atoms with van der Waals surface area (Å²) in [4.78, 5) is 2.05. The molecule has 0 bridgehead atoms. The monoisotopic (exact) mass is 255 g/mol. The number of anilines is 1. The highest BCUT2D eigenvalue weighted by Crippen LogP contribution is 2.27. The van der Waals surface area contributed by atoms with Crippen LogP contribution in [0.1, 0.15) is 19.4 Å². The van der Waals surface area contributed by atoms with Crippen molar-refractivity contribution in [2.45, 2.75) is 13.8 Å². The molecule has 4 nitrogen and oxygen atoms in total. The normalized spacial score (nSPS) is 11.9. The van der Waals surface area contributed by atoms with E-state index in [9.17, 15) is 0 Å². The van der Waals surface area contributed by atoms with Gasteiger partial charge in [0, 0.05) is 19.3 Å². The molecule has 0 aliphatic rings. The van der Waals surface area contributed by atoms with Crippen molar-refractivity contribution in [3.63, 3.8) is 0 Å². The Bertz CT molecular complexity index is 418. The van der Waals surface area contributed by atoms with E-state index in [2.05, 4.69) is 19.0 Å². The third-order valence-electron chi connectivity index (χ3n) is 2.41. The van der Waals surface area contributed by atoms with E-state index in [4.69, 9.17) is 22.5 Å². The number of halogens is 1. The summed E-state index contributed by atoms with van der Waals surface area (Å²) in [6.45, 7) is 5.13. The molecule has 0 heterocycles. The van der Waals surface area contributed by atoms with Crippen LogP contribution in [0.15, 0.2) is 23.4 Å². The third-order valence-corrected chi connectivity index (χ3v) is 2.72. The van der Waals surface area contributed by atoms with Crippen molar-refractivity contribution in [3.05, 3.63) is 28.8 Å². The van der Waals surface area contributed by atoms with Gasteiger partial charge in [0.2, 0.25) is 0 Å². The molecule has 0 unspecified atom stereocenters. The van der Waals surface area contributed by atoms with Crippen LogP contribution < -0.4 is 10.6 Å². The van der Waals surface area contributed by atoms with Crippen molar-refractivity contribution >= 4 is 23.1 Å². The van der Waals surface area contributed by atoms with Crippen LogP contribution in [0.3, 0.4) is 0 Å². The summed E-state index contributed by atoms with van der Waals surface area (Å²) >= 11 is 6.09. The Hall–Kier alpha value is -1.42. The first-order valence-corrected chi connectivity index (χ1v) is 5.82. The molecule has 0 aromatic heterocycles. The fraction of sp³-hybridized carbons (Fsp3) is 0.417. The van der Waals surface area contributed by atoms with Gasteiger partial charge < -0.3 is 15.8 Å². The molecular formula is C12H18ClN3O. The first-order chi connectivity index (χ1) is 7.97. The summed E-state index contributed by atoms with van der Waals surface area (Å²) in [5.41, 5.74) is 7.09. The van der Waals surface area contributed by atoms with Gasteiger partial charge in [0.1, 0.15) is 0 Å². The first-order valence-electron chi connectivity index (χ1n) is 5.45. The molecule has 0 aliphatic carbocycles. The minimum absolute atomic E-state index is 0.0289. The summed E-state index contributed by atoms with van der Waals surface area (Å²) in [7, 11) is 1.96. The molecule has 0 fully saturated rings. The van der Waals surface area contributed by atoms with Crippen molar-refractivity contribution in [2.75, 3.05) is 18.5 Å². The number of benzene rings is 1. The zero-order valence-electron chi connectivity index (χ0n) is 10.3. The van der Waals surface area contributed by atoms with Crippen molar-refractivity contribution in [3.8, 4) is 0 Å². The summed E-state index contributed by atoms with van der Waals surface area (Å²) < 4.78 is 0. The standard InChI is InChI=1S/C12H18ClN3O/c1-8(2)7-16(3)10-6-4-5-9(13)11(10)12(14)15-17/h4-6,8,17H,7H2,1-3H3,(H2,14,15). The van der Waals surface area contributed by atoms with E-state index in [1.807, 2.05) is 24.1 Å². The van der Waals surface area contributed by atoms with E-state index in [0.717, 1.165) is 12.2 Å². The first kappa shape index (κ1) is 13.6. The van der Waals surface area contributed by atoms with Gasteiger partial charge in [-0.15, -0.1) is 0 Å². The van der Waals surface area contributed by atoms with E-state index < -0.39 is 0 Å². The maximum Gasteiger partial charge on any atom is 0.173 e. The Balaban J connectivity index is 3.19. The van der Waals surface area contributed by atoms with Crippen LogP contribution in [-0.4, -0.2) is 24.6 Å². The molecular weight excluding hydrogens is 238 g/mol. The third kappa shape index (κ3) is 3.27. The molecule has 1 aromatic carbocycles. The second-order valence-corrected chi connectivity index (χ2v) is 4.80. The average Bonchev–Trinajstić information content (AvgIpc) is 2.26. The zero-order valence-corrected chi connectivity index (χ0v) is 11.1. The summed E-state index contributed by atoms with van der Waals surface area (Å²) in [6, 6.07) is 5.48. The molecule has 0 spiro atoms. The van der Waals surface area contributed by atoms with Gasteiger partial charge in [-0.1, -0.05) is 36.7 Å². The minimum atomic E-state index is 0.0289. The van der Waals surface area contributed by atoms with Crippen LogP contribution >= 0.6 is 11.6 Å². The molecule has 0 amide bonds. The smallest absolute Gasteiger partial charge is 0.173 e. The fourth-order valence-corrected chi connectivity index (χ4v) is 2.05. The number of hydrogen-bond acceptors (Lipinski definition) is 3. The SMILES string of the molecule is CC(C)CN(C)c1cccc(Cl)c1/C(N)=N/O. The van der Waals surface area contributed by atoms with E-state index in [1.165, 1.54) is 0 Å². The lowest BCUT2D eigenvalue weighted by Gasteiger charge is -2.24. The zero-order chi connectivity index (χ0) is 13.0. The number of hydrogen-bond donors (Lipinski definition) is 2. The van der Waals surface area contributed by atoms with Crippen molar-refractivity contribution < 1.29 is 5.21 Å². The van der Waals surface area contributed by atoms with Gasteiger partial charge >= 0.3 is 0 Å². The van der Waals surface area contributed by atoms with Crippen molar-refractivity contribution in [2.24, 2.45) is 16.8 Å². The molecule has 0 aliphatic heterocycles. The molecule has 0 atom stereocenters. The number of oxime groups is 1. The summed E-state index contributed by atoms with van der Waals surface area (Å²) in [6.07, 6.45) is 0. The second kappa shape index (κ2) is 5.77. The maximum absolute atomic E-state index is 8.79. The molecule has 0 saturated heterocycles. The van der Waals surface area contributed by atoms with Crippen molar-refractivity contribution in [1.29, 1.82) is 0 Å². The van der Waals surface area contributed by atoms with Crippen LogP contribution in [0.25, 0.3) is 0 Å². The molecule has 1 aromatic rings. The molecule has 0 radical (unpaired) electrons. The maximum atomic E-state index is 8.79. The van der Waals surface area contributed by atoms with E-state index in [1.54, 1.807) is 6.07 Å². The topological polar surface area (TPSA) is 61.8 Å². The Kier molecular flexibility index (Phi) is 4.63. The van der Waals surface area contributed by atoms with Gasteiger partial charge in [0.25, 0.3) is 0 Å². The molecule has 3 N–H and O–H groups in total. The molecule has 1 rings (SSSR count). The predicted molar refractivity (Wildman–Crippen MR) is 72.1 cm³/mol. The van der Waals surface area contributed by atoms with Gasteiger partial charge in [-0.25, -0.2) is 0 Å². The minimum Gasteiger partial charge on any atom is -0.409 e. The Morgan fingerprint density at radius 3 is 2.71 bits per heavy atom. The largest absolute Gasteiger partial charge is 0.409 e. The summed E-state index contributed by atoms with van der Waals surface area (Å²) in [5.74, 6) is 0.542. The average molecular weight is 256 g/mol. The van der Waals surface area contributed by atoms with Gasteiger partial charge in [-0.2, -0.15) is 0 Å². The molecule has 0 saturated carbocycles. The number of nitrogens with zero attached hydrogens (tertiary/aromatic N) is 2. The Morgan fingerprint density at radius 2 is 2.18 bits per heavy atom. The Labute approximate surface area is 107 Å². The molecule has 5 heteroatoms. The lowest BCUT2D eigenvalue weighted by Crippen LogP contribution is -2.26. The quantitative estimate of drug-likeness (QED) is 0.376. The van der Waals surface area contributed by atoms with Gasteiger partial charge in [0.05, 0.1) is 10.6 Å². The lowest BCUT2D eigenvalue weighted by molar-refractivity contribution is 0.318. The van der Waals surface area contributed by atoms with Gasteiger partial charge in [-0.3, -0.25) is 0 Å². The molecule has 17 heavy (non-hydrogen) atoms. The van der Waals surface area contributed by atoms with Crippen LogP contribution in [-0.2, 0) is 0 Å². The van der Waals surface area contributed by atoms with Crippen LogP contribution in [0.4, 0.5) is 5.69 Å². The van der Waals surface area contributed by atoms with Crippen LogP contribution in [0.2, 0.25) is 5.02 Å². The summed E-state index contributed by atoms with van der Waals surface area (Å²) in [5, 5.41) is 12.3. The highest BCUT2D eigenvalue weighted by molar-refractivity contribution is 6.34. The van der Waals surface area contributed by atoms with Crippen LogP contribution in [0, 0.1) is 5.92 Å². The molecule has 94 valence electrons. The second-order valence-electron chi connectivity index (χ2n) is 4.39. The van der Waals surface area contributed by atoms with E-state index in [-0.39, 0.29) is 5.84 Å². The number of nitrogens with two attached hydrogens (primary N) is 1. The number of amidine groups is 1. The fourth-order valence-electron chi connectivity index (χ4n) is 1.78. The Morgan fingerprint density at radius 1 is 1.53 bits per heavy atom. The predicted octanol–water partition coefficient (Wildman–Crippen LogP) is 2.53. The van der Waals surface area contributed by atoms with Crippen molar-refractivity contribution in [1.82, 2.24) is 0 Å². The highest BCUT2D eigenvalue weighted by Gasteiger charge is 2.15.